The Morgan fingerprint density at radius 2 is 2.33 bits per heavy atom. The highest BCUT2D eigenvalue weighted by Crippen LogP contribution is 2.05. The van der Waals surface area contributed by atoms with Crippen molar-refractivity contribution in [3.8, 4) is 0 Å². The first-order chi connectivity index (χ1) is 4.33. The van der Waals surface area contributed by atoms with Crippen LogP contribution in [0.4, 0.5) is 0 Å². The lowest BCUT2D eigenvalue weighted by Gasteiger charge is -1.91. The number of hydrogen-bond donors (Lipinski definition) is 0. The Morgan fingerprint density at radius 1 is 1.56 bits per heavy atom. The first kappa shape index (κ1) is 6.68. The molecule has 0 unspecified atom stereocenters. The van der Waals surface area contributed by atoms with Crippen molar-refractivity contribution < 1.29 is 0 Å². The number of aromatic nitrogens is 2. The molecule has 0 aliphatic carbocycles. The summed E-state index contributed by atoms with van der Waals surface area (Å²) >= 11 is 3.23. The lowest BCUT2D eigenvalue weighted by Crippen LogP contribution is -1.85. The Labute approximate surface area is 62.5 Å². The summed E-state index contributed by atoms with van der Waals surface area (Å²) in [6.45, 7) is 1.94. The fourth-order valence-electron chi connectivity index (χ4n) is 0.505. The molecule has 0 aliphatic rings. The normalized spacial score (nSPS) is 9.56. The molecular formula is C6H6BrN2. The first-order valence-corrected chi connectivity index (χ1v) is 3.39. The fourth-order valence-corrected chi connectivity index (χ4v) is 0.831. The van der Waals surface area contributed by atoms with Gasteiger partial charge in [0.15, 0.2) is 0 Å². The minimum absolute atomic E-state index is 0.825. The van der Waals surface area contributed by atoms with Crippen molar-refractivity contribution in [1.29, 1.82) is 0 Å². The summed E-state index contributed by atoms with van der Waals surface area (Å²) in [5, 5.41) is 0. The molecule has 0 saturated heterocycles. The van der Waals surface area contributed by atoms with Crippen LogP contribution in [-0.4, -0.2) is 9.97 Å². The Balaban J connectivity index is 2.94. The summed E-state index contributed by atoms with van der Waals surface area (Å²) < 4.78 is 0.825. The fraction of sp³-hybridized carbons (Fsp3) is 0.167. The molecule has 1 aromatic rings. The standard InChI is InChI=1S/C6H6BrN2/c1-2-5-3-6(7)9-4-8-5/h2-4H,1H3. The third kappa shape index (κ3) is 1.75. The van der Waals surface area contributed by atoms with E-state index in [2.05, 4.69) is 25.9 Å². The van der Waals surface area contributed by atoms with Crippen LogP contribution in [0.5, 0.6) is 0 Å². The van der Waals surface area contributed by atoms with Gasteiger partial charge in [-0.2, -0.15) is 0 Å². The van der Waals surface area contributed by atoms with Crippen LogP contribution < -0.4 is 0 Å². The van der Waals surface area contributed by atoms with Gasteiger partial charge in [0.05, 0.1) is 0 Å². The van der Waals surface area contributed by atoms with Crippen LogP contribution in [0, 0.1) is 6.42 Å². The van der Waals surface area contributed by atoms with Crippen LogP contribution in [-0.2, 0) is 0 Å². The lowest BCUT2D eigenvalue weighted by molar-refractivity contribution is 1.08. The molecule has 1 heterocycles. The van der Waals surface area contributed by atoms with E-state index < -0.39 is 0 Å². The molecule has 0 spiro atoms. The maximum atomic E-state index is 3.96. The molecule has 0 amide bonds. The van der Waals surface area contributed by atoms with Crippen LogP contribution in [0.15, 0.2) is 17.0 Å². The topological polar surface area (TPSA) is 25.8 Å². The van der Waals surface area contributed by atoms with Crippen LogP contribution in [0.2, 0.25) is 0 Å². The highest BCUT2D eigenvalue weighted by Gasteiger charge is 1.90. The third-order valence-corrected chi connectivity index (χ3v) is 1.38. The number of nitrogens with zero attached hydrogens (tertiary/aromatic N) is 2. The molecule has 1 radical (unpaired) electrons. The summed E-state index contributed by atoms with van der Waals surface area (Å²) in [4.78, 5) is 7.83. The van der Waals surface area contributed by atoms with Gasteiger partial charge in [0.25, 0.3) is 0 Å². The summed E-state index contributed by atoms with van der Waals surface area (Å²) in [5.41, 5.74) is 0.942. The summed E-state index contributed by atoms with van der Waals surface area (Å²) in [7, 11) is 0. The predicted octanol–water partition coefficient (Wildman–Crippen LogP) is 1.81. The zero-order chi connectivity index (χ0) is 6.69. The summed E-state index contributed by atoms with van der Waals surface area (Å²) in [5.74, 6) is 0. The molecule has 1 aromatic heterocycles. The van der Waals surface area contributed by atoms with Crippen molar-refractivity contribution in [3.05, 3.63) is 29.1 Å². The van der Waals surface area contributed by atoms with Crippen LogP contribution in [0.3, 0.4) is 0 Å². The molecule has 2 nitrogen and oxygen atoms in total. The van der Waals surface area contributed by atoms with Gasteiger partial charge in [-0.15, -0.1) is 0 Å². The summed E-state index contributed by atoms with van der Waals surface area (Å²) in [6.07, 6.45) is 3.45. The molecule has 0 N–H and O–H groups in total. The van der Waals surface area contributed by atoms with E-state index in [0.717, 1.165) is 10.3 Å². The molecule has 3 heteroatoms. The largest absolute Gasteiger partial charge is 0.241 e. The molecule has 47 valence electrons. The van der Waals surface area contributed by atoms with Gasteiger partial charge in [-0.05, 0) is 22.0 Å². The average Bonchev–Trinajstić information content (AvgIpc) is 1.88. The van der Waals surface area contributed by atoms with Crippen LogP contribution >= 0.6 is 15.9 Å². The smallest absolute Gasteiger partial charge is 0.116 e. The zero-order valence-electron chi connectivity index (χ0n) is 5.00. The Hall–Kier alpha value is -0.440. The maximum absolute atomic E-state index is 3.96. The molecular weight excluding hydrogens is 180 g/mol. The van der Waals surface area contributed by atoms with Crippen LogP contribution in [0.1, 0.15) is 12.6 Å². The molecule has 0 fully saturated rings. The Bertz CT molecular complexity index is 200. The molecule has 0 aliphatic heterocycles. The third-order valence-electron chi connectivity index (χ3n) is 0.951. The zero-order valence-corrected chi connectivity index (χ0v) is 6.59. The highest BCUT2D eigenvalue weighted by atomic mass is 79.9. The predicted molar refractivity (Wildman–Crippen MR) is 38.8 cm³/mol. The second-order valence-electron chi connectivity index (χ2n) is 1.55. The maximum Gasteiger partial charge on any atom is 0.116 e. The van der Waals surface area contributed by atoms with E-state index >= 15 is 0 Å². The minimum atomic E-state index is 0.825. The van der Waals surface area contributed by atoms with Crippen molar-refractivity contribution in [2.45, 2.75) is 6.92 Å². The van der Waals surface area contributed by atoms with E-state index in [-0.39, 0.29) is 0 Å². The van der Waals surface area contributed by atoms with E-state index in [1.807, 2.05) is 19.4 Å². The molecule has 1 rings (SSSR count). The monoisotopic (exact) mass is 185 g/mol. The van der Waals surface area contributed by atoms with Gasteiger partial charge >= 0.3 is 0 Å². The number of rotatable bonds is 1. The second-order valence-corrected chi connectivity index (χ2v) is 2.37. The molecule has 0 saturated carbocycles. The van der Waals surface area contributed by atoms with Gasteiger partial charge in [0.2, 0.25) is 0 Å². The van der Waals surface area contributed by atoms with E-state index in [1.54, 1.807) is 0 Å². The van der Waals surface area contributed by atoms with Crippen molar-refractivity contribution in [2.75, 3.05) is 0 Å². The van der Waals surface area contributed by atoms with Gasteiger partial charge in [-0.25, -0.2) is 9.97 Å². The van der Waals surface area contributed by atoms with Crippen molar-refractivity contribution in [1.82, 2.24) is 9.97 Å². The number of halogens is 1. The lowest BCUT2D eigenvalue weighted by atomic mass is 10.3. The Kier molecular flexibility index (Phi) is 2.16. The van der Waals surface area contributed by atoms with Gasteiger partial charge < -0.3 is 0 Å². The van der Waals surface area contributed by atoms with Crippen molar-refractivity contribution in [2.24, 2.45) is 0 Å². The van der Waals surface area contributed by atoms with E-state index in [0.29, 0.717) is 0 Å². The highest BCUT2D eigenvalue weighted by molar-refractivity contribution is 9.10. The van der Waals surface area contributed by atoms with Gasteiger partial charge in [0.1, 0.15) is 10.9 Å². The van der Waals surface area contributed by atoms with Gasteiger partial charge in [-0.1, -0.05) is 6.92 Å². The molecule has 0 atom stereocenters. The van der Waals surface area contributed by atoms with Crippen molar-refractivity contribution in [3.63, 3.8) is 0 Å². The average molecular weight is 186 g/mol. The van der Waals surface area contributed by atoms with E-state index in [4.69, 9.17) is 0 Å². The molecule has 0 aromatic carbocycles. The minimum Gasteiger partial charge on any atom is -0.241 e. The van der Waals surface area contributed by atoms with Gasteiger partial charge in [0, 0.05) is 12.1 Å². The molecule has 0 bridgehead atoms. The molecule has 9 heavy (non-hydrogen) atoms. The van der Waals surface area contributed by atoms with Crippen molar-refractivity contribution >= 4 is 15.9 Å². The summed E-state index contributed by atoms with van der Waals surface area (Å²) in [6, 6.07) is 1.86. The second kappa shape index (κ2) is 2.92. The van der Waals surface area contributed by atoms with Gasteiger partial charge in [-0.3, -0.25) is 0 Å². The Morgan fingerprint density at radius 3 is 2.78 bits per heavy atom. The quantitative estimate of drug-likeness (QED) is 0.625. The SMILES string of the molecule is C[CH]c1cc(Br)ncn1. The number of hydrogen-bond acceptors (Lipinski definition) is 2. The van der Waals surface area contributed by atoms with E-state index in [9.17, 15) is 0 Å². The van der Waals surface area contributed by atoms with Crippen LogP contribution in [0.25, 0.3) is 0 Å². The van der Waals surface area contributed by atoms with E-state index in [1.165, 1.54) is 6.33 Å². The first-order valence-electron chi connectivity index (χ1n) is 2.60.